The summed E-state index contributed by atoms with van der Waals surface area (Å²) >= 11 is 0. The average molecular weight is 429 g/mol. The van der Waals surface area contributed by atoms with E-state index in [0.717, 1.165) is 56.3 Å². The molecular formula is C27H40O4. The van der Waals surface area contributed by atoms with E-state index in [9.17, 15) is 15.3 Å². The average Bonchev–Trinajstić information content (AvgIpc) is 2.81. The van der Waals surface area contributed by atoms with Gasteiger partial charge >= 0.3 is 0 Å². The molecule has 0 amide bonds. The zero-order valence-corrected chi connectivity index (χ0v) is 19.6. The molecule has 0 aliphatic heterocycles. The number of rotatable bonds is 13. The lowest BCUT2D eigenvalue weighted by atomic mass is 9.71. The van der Waals surface area contributed by atoms with Crippen LogP contribution >= 0.6 is 0 Å². The molecule has 0 heterocycles. The van der Waals surface area contributed by atoms with E-state index in [1.165, 1.54) is 5.56 Å². The summed E-state index contributed by atoms with van der Waals surface area (Å²) in [5, 5.41) is 29.1. The number of aliphatic hydroxyl groups excluding tert-OH is 1. The molecule has 2 rings (SSSR count). The van der Waals surface area contributed by atoms with Crippen molar-refractivity contribution >= 4 is 0 Å². The molecule has 0 radical (unpaired) electrons. The smallest absolute Gasteiger partial charge is 0.178 e. The summed E-state index contributed by atoms with van der Waals surface area (Å²) in [6, 6.07) is 15.5. The molecule has 0 aliphatic rings. The zero-order valence-electron chi connectivity index (χ0n) is 19.6. The SMILES string of the molecule is CCC(O)(CC)CCCC(CC)(CC)c1cccc(OCc2ccc(C(O)O)cc2)c1. The van der Waals surface area contributed by atoms with Crippen LogP contribution in [-0.4, -0.2) is 20.9 Å². The van der Waals surface area contributed by atoms with Crippen molar-refractivity contribution < 1.29 is 20.1 Å². The first kappa shape index (κ1) is 25.4. The Morgan fingerprint density at radius 2 is 1.48 bits per heavy atom. The van der Waals surface area contributed by atoms with Gasteiger partial charge in [-0.15, -0.1) is 0 Å². The summed E-state index contributed by atoms with van der Waals surface area (Å²) in [4.78, 5) is 0. The van der Waals surface area contributed by atoms with Crippen molar-refractivity contribution in [1.82, 2.24) is 0 Å². The van der Waals surface area contributed by atoms with Crippen molar-refractivity contribution in [2.45, 2.75) is 96.6 Å². The molecule has 0 saturated carbocycles. The van der Waals surface area contributed by atoms with Gasteiger partial charge in [0.2, 0.25) is 0 Å². The lowest BCUT2D eigenvalue weighted by Gasteiger charge is -2.34. The van der Waals surface area contributed by atoms with Gasteiger partial charge in [-0.1, -0.05) is 64.1 Å². The van der Waals surface area contributed by atoms with Gasteiger partial charge in [-0.05, 0) is 73.6 Å². The molecule has 0 atom stereocenters. The van der Waals surface area contributed by atoms with Crippen LogP contribution in [0.1, 0.15) is 95.6 Å². The lowest BCUT2D eigenvalue weighted by molar-refractivity contribution is -0.0425. The van der Waals surface area contributed by atoms with Crippen molar-refractivity contribution in [1.29, 1.82) is 0 Å². The quantitative estimate of drug-likeness (QED) is 0.341. The van der Waals surface area contributed by atoms with Crippen LogP contribution in [0.15, 0.2) is 48.5 Å². The molecule has 172 valence electrons. The second-order valence-electron chi connectivity index (χ2n) is 8.70. The van der Waals surface area contributed by atoms with E-state index < -0.39 is 11.9 Å². The Morgan fingerprint density at radius 1 is 0.839 bits per heavy atom. The van der Waals surface area contributed by atoms with Crippen LogP contribution in [0.5, 0.6) is 5.75 Å². The van der Waals surface area contributed by atoms with Gasteiger partial charge in [0.15, 0.2) is 6.29 Å². The molecule has 0 unspecified atom stereocenters. The van der Waals surface area contributed by atoms with Gasteiger partial charge in [-0.2, -0.15) is 0 Å². The lowest BCUT2D eigenvalue weighted by Crippen LogP contribution is -2.29. The van der Waals surface area contributed by atoms with Crippen molar-refractivity contribution in [3.63, 3.8) is 0 Å². The van der Waals surface area contributed by atoms with Crippen molar-refractivity contribution in [3.8, 4) is 5.75 Å². The van der Waals surface area contributed by atoms with Crippen LogP contribution in [0.3, 0.4) is 0 Å². The highest BCUT2D eigenvalue weighted by molar-refractivity contribution is 5.34. The minimum atomic E-state index is -1.45. The summed E-state index contributed by atoms with van der Waals surface area (Å²) in [7, 11) is 0. The van der Waals surface area contributed by atoms with Crippen LogP contribution in [0.4, 0.5) is 0 Å². The van der Waals surface area contributed by atoms with Gasteiger partial charge in [0.1, 0.15) is 12.4 Å². The van der Waals surface area contributed by atoms with Crippen LogP contribution < -0.4 is 4.74 Å². The fourth-order valence-electron chi connectivity index (χ4n) is 4.38. The predicted molar refractivity (Wildman–Crippen MR) is 126 cm³/mol. The molecule has 3 N–H and O–H groups in total. The maximum atomic E-state index is 10.7. The molecular weight excluding hydrogens is 388 g/mol. The molecule has 4 nitrogen and oxygen atoms in total. The number of hydrogen-bond acceptors (Lipinski definition) is 4. The molecule has 0 aromatic heterocycles. The van der Waals surface area contributed by atoms with E-state index in [1.807, 2.05) is 18.2 Å². The highest BCUT2D eigenvalue weighted by atomic mass is 16.5. The Balaban J connectivity index is 2.08. The molecule has 4 heteroatoms. The summed E-state index contributed by atoms with van der Waals surface area (Å²) in [6.45, 7) is 9.06. The molecule has 31 heavy (non-hydrogen) atoms. The van der Waals surface area contributed by atoms with Crippen molar-refractivity contribution in [3.05, 3.63) is 65.2 Å². The molecule has 2 aromatic carbocycles. The number of ether oxygens (including phenoxy) is 1. The number of hydrogen-bond donors (Lipinski definition) is 3. The van der Waals surface area contributed by atoms with E-state index in [4.69, 9.17) is 4.74 Å². The van der Waals surface area contributed by atoms with E-state index >= 15 is 0 Å². The Kier molecular flexibility index (Phi) is 9.54. The summed E-state index contributed by atoms with van der Waals surface area (Å²) in [6.07, 6.45) is 5.16. The number of benzene rings is 2. The second-order valence-corrected chi connectivity index (χ2v) is 8.70. The topological polar surface area (TPSA) is 69.9 Å². The third-order valence-corrected chi connectivity index (χ3v) is 7.10. The van der Waals surface area contributed by atoms with Gasteiger partial charge in [0.25, 0.3) is 0 Å². The van der Waals surface area contributed by atoms with Gasteiger partial charge < -0.3 is 20.1 Å². The van der Waals surface area contributed by atoms with Crippen molar-refractivity contribution in [2.24, 2.45) is 0 Å². The van der Waals surface area contributed by atoms with Crippen molar-refractivity contribution in [2.75, 3.05) is 0 Å². The highest BCUT2D eigenvalue weighted by Gasteiger charge is 2.30. The Labute approximate surface area is 187 Å². The molecule has 2 aromatic rings. The van der Waals surface area contributed by atoms with Crippen LogP contribution in [-0.2, 0) is 12.0 Å². The van der Waals surface area contributed by atoms with E-state index in [1.54, 1.807) is 12.1 Å². The first-order valence-electron chi connectivity index (χ1n) is 11.7. The van der Waals surface area contributed by atoms with Crippen LogP contribution in [0.2, 0.25) is 0 Å². The third kappa shape index (κ3) is 6.80. The summed E-state index contributed by atoms with van der Waals surface area (Å²) in [5.41, 5.74) is 2.29. The molecule has 0 fully saturated rings. The Morgan fingerprint density at radius 3 is 2.03 bits per heavy atom. The minimum Gasteiger partial charge on any atom is -0.489 e. The largest absolute Gasteiger partial charge is 0.489 e. The second kappa shape index (κ2) is 11.7. The Hall–Kier alpha value is -1.88. The zero-order chi connectivity index (χ0) is 22.9. The van der Waals surface area contributed by atoms with E-state index in [2.05, 4.69) is 45.9 Å². The monoisotopic (exact) mass is 428 g/mol. The molecule has 0 aliphatic carbocycles. The summed E-state index contributed by atoms with van der Waals surface area (Å²) in [5.74, 6) is 0.841. The van der Waals surface area contributed by atoms with E-state index in [0.29, 0.717) is 12.2 Å². The molecule has 0 saturated heterocycles. The predicted octanol–water partition coefficient (Wildman–Crippen LogP) is 6.03. The normalized spacial score (nSPS) is 12.4. The van der Waals surface area contributed by atoms with Crippen LogP contribution in [0.25, 0.3) is 0 Å². The fraction of sp³-hybridized carbons (Fsp3) is 0.556. The van der Waals surface area contributed by atoms with Gasteiger partial charge in [-0.25, -0.2) is 0 Å². The fourth-order valence-corrected chi connectivity index (χ4v) is 4.38. The minimum absolute atomic E-state index is 0.0840. The highest BCUT2D eigenvalue weighted by Crippen LogP contribution is 2.39. The third-order valence-electron chi connectivity index (χ3n) is 7.10. The van der Waals surface area contributed by atoms with Crippen LogP contribution in [0, 0.1) is 0 Å². The first-order chi connectivity index (χ1) is 14.8. The molecule has 0 spiro atoms. The molecule has 0 bridgehead atoms. The van der Waals surface area contributed by atoms with Gasteiger partial charge in [0, 0.05) is 5.56 Å². The van der Waals surface area contributed by atoms with E-state index in [-0.39, 0.29) is 5.41 Å². The standard InChI is InChI=1S/C27H40O4/c1-5-26(6-2,17-10-18-27(30,7-3)8-4)23-11-9-12-24(19-23)31-20-21-13-15-22(16-14-21)25(28)29/h9,11-16,19,25,28-30H,5-8,10,17-18,20H2,1-4H3. The number of aliphatic hydroxyl groups is 3. The maximum Gasteiger partial charge on any atom is 0.178 e. The summed E-state index contributed by atoms with van der Waals surface area (Å²) < 4.78 is 6.05. The maximum absolute atomic E-state index is 10.7. The Bertz CT molecular complexity index is 774. The van der Waals surface area contributed by atoms with Gasteiger partial charge in [-0.3, -0.25) is 0 Å². The van der Waals surface area contributed by atoms with Gasteiger partial charge in [0.05, 0.1) is 5.60 Å². The first-order valence-corrected chi connectivity index (χ1v) is 11.7.